The van der Waals surface area contributed by atoms with Crippen LogP contribution in [0.4, 0.5) is 0 Å². The molecule has 1 aromatic carbocycles. The van der Waals surface area contributed by atoms with Crippen molar-refractivity contribution in [2.24, 2.45) is 0 Å². The maximum atomic E-state index is 9.75. The summed E-state index contributed by atoms with van der Waals surface area (Å²) in [4.78, 5) is 13.3. The third-order valence-corrected chi connectivity index (χ3v) is 4.06. The van der Waals surface area contributed by atoms with E-state index in [1.54, 1.807) is 19.5 Å². The summed E-state index contributed by atoms with van der Waals surface area (Å²) in [7, 11) is 1.58. The quantitative estimate of drug-likeness (QED) is 0.587. The third kappa shape index (κ3) is 2.26. The van der Waals surface area contributed by atoms with Crippen molar-refractivity contribution in [3.8, 4) is 17.1 Å². The normalized spacial score (nSPS) is 11.1. The number of aliphatic hydroxyl groups excluding tert-OH is 1. The zero-order valence-corrected chi connectivity index (χ0v) is 13.1. The van der Waals surface area contributed by atoms with Crippen molar-refractivity contribution in [1.29, 1.82) is 0 Å². The summed E-state index contributed by atoms with van der Waals surface area (Å²) in [6, 6.07) is 13.6. The van der Waals surface area contributed by atoms with E-state index in [1.807, 2.05) is 42.5 Å². The van der Waals surface area contributed by atoms with E-state index in [4.69, 9.17) is 9.72 Å². The van der Waals surface area contributed by atoms with E-state index in [0.29, 0.717) is 11.6 Å². The fraction of sp³-hybridized carbons (Fsp3) is 0.105. The highest BCUT2D eigenvalue weighted by molar-refractivity contribution is 6.11. The molecule has 3 aromatic heterocycles. The number of aromatic nitrogens is 3. The number of fused-ring (bicyclic) bond motifs is 3. The van der Waals surface area contributed by atoms with Crippen molar-refractivity contribution in [2.45, 2.75) is 6.61 Å². The van der Waals surface area contributed by atoms with Crippen LogP contribution in [0.15, 0.2) is 54.9 Å². The summed E-state index contributed by atoms with van der Waals surface area (Å²) in [6.07, 6.45) is 3.41. The zero-order chi connectivity index (χ0) is 16.5. The molecule has 5 nitrogen and oxygen atoms in total. The Morgan fingerprint density at radius 1 is 1.00 bits per heavy atom. The Bertz CT molecular complexity index is 1050. The molecule has 0 amide bonds. The van der Waals surface area contributed by atoms with Crippen molar-refractivity contribution in [1.82, 2.24) is 15.0 Å². The fourth-order valence-electron chi connectivity index (χ4n) is 2.97. The second-order valence-electron chi connectivity index (χ2n) is 5.40. The maximum Gasteiger partial charge on any atom is 0.213 e. The van der Waals surface area contributed by atoms with Gasteiger partial charge in [0, 0.05) is 34.8 Å². The molecule has 0 saturated heterocycles. The number of para-hydroxylation sites is 1. The lowest BCUT2D eigenvalue weighted by Crippen LogP contribution is -1.97. The van der Waals surface area contributed by atoms with Crippen molar-refractivity contribution in [3.05, 3.63) is 60.6 Å². The van der Waals surface area contributed by atoms with Crippen LogP contribution in [0.5, 0.6) is 5.88 Å². The van der Waals surface area contributed by atoms with Crippen LogP contribution < -0.4 is 4.74 Å². The number of methoxy groups -OCH3 is 1. The molecule has 0 saturated carbocycles. The number of ether oxygens (including phenoxy) is 1. The summed E-state index contributed by atoms with van der Waals surface area (Å²) in [6.45, 7) is -0.146. The molecular formula is C19H15N3O2. The fourth-order valence-corrected chi connectivity index (χ4v) is 2.97. The zero-order valence-electron chi connectivity index (χ0n) is 13.1. The van der Waals surface area contributed by atoms with E-state index in [2.05, 4.69) is 9.97 Å². The van der Waals surface area contributed by atoms with Crippen molar-refractivity contribution >= 4 is 21.7 Å². The van der Waals surface area contributed by atoms with Gasteiger partial charge in [-0.3, -0.25) is 4.98 Å². The summed E-state index contributed by atoms with van der Waals surface area (Å²) in [5, 5.41) is 12.7. The Morgan fingerprint density at radius 2 is 1.83 bits per heavy atom. The first-order valence-corrected chi connectivity index (χ1v) is 7.59. The van der Waals surface area contributed by atoms with Crippen LogP contribution in [0.3, 0.4) is 0 Å². The number of rotatable bonds is 3. The molecule has 0 bridgehead atoms. The number of hydrogen-bond donors (Lipinski definition) is 1. The first-order chi connectivity index (χ1) is 11.8. The standard InChI is InChI=1S/C19H15N3O2/c1-24-17-10-12(6-8-21-17)19-18-14(7-9-20-16(18)11-23)13-4-2-3-5-15(13)22-19/h2-10,23H,11H2,1H3. The molecule has 1 N–H and O–H groups in total. The minimum atomic E-state index is -0.146. The number of hydrogen-bond acceptors (Lipinski definition) is 5. The molecule has 4 rings (SSSR count). The third-order valence-electron chi connectivity index (χ3n) is 4.06. The average molecular weight is 317 g/mol. The van der Waals surface area contributed by atoms with Gasteiger partial charge in [0.05, 0.1) is 30.6 Å². The van der Waals surface area contributed by atoms with Crippen molar-refractivity contribution < 1.29 is 9.84 Å². The van der Waals surface area contributed by atoms with E-state index in [0.717, 1.165) is 32.9 Å². The van der Waals surface area contributed by atoms with Gasteiger partial charge in [-0.15, -0.1) is 0 Å². The molecule has 0 radical (unpaired) electrons. The first-order valence-electron chi connectivity index (χ1n) is 7.59. The Kier molecular flexibility index (Phi) is 3.55. The molecule has 0 spiro atoms. The Labute approximate surface area is 138 Å². The van der Waals surface area contributed by atoms with E-state index < -0.39 is 0 Å². The summed E-state index contributed by atoms with van der Waals surface area (Å²) in [5.74, 6) is 0.519. The summed E-state index contributed by atoms with van der Waals surface area (Å²) in [5.41, 5.74) is 3.14. The van der Waals surface area contributed by atoms with Gasteiger partial charge in [0.25, 0.3) is 0 Å². The molecule has 0 aliphatic rings. The predicted molar refractivity (Wildman–Crippen MR) is 92.7 cm³/mol. The van der Waals surface area contributed by atoms with Gasteiger partial charge in [0.2, 0.25) is 5.88 Å². The van der Waals surface area contributed by atoms with Crippen molar-refractivity contribution in [2.75, 3.05) is 7.11 Å². The number of pyridine rings is 3. The van der Waals surface area contributed by atoms with Gasteiger partial charge >= 0.3 is 0 Å². The van der Waals surface area contributed by atoms with E-state index >= 15 is 0 Å². The topological polar surface area (TPSA) is 68.1 Å². The SMILES string of the molecule is COc1cc(-c2nc3ccccc3c3ccnc(CO)c23)ccn1. The lowest BCUT2D eigenvalue weighted by molar-refractivity contribution is 0.278. The van der Waals surface area contributed by atoms with Gasteiger partial charge in [-0.2, -0.15) is 0 Å². The molecule has 3 heterocycles. The van der Waals surface area contributed by atoms with Crippen LogP contribution in [0.2, 0.25) is 0 Å². The highest BCUT2D eigenvalue weighted by atomic mass is 16.5. The molecule has 118 valence electrons. The lowest BCUT2D eigenvalue weighted by Gasteiger charge is -2.12. The molecule has 5 heteroatoms. The van der Waals surface area contributed by atoms with Crippen LogP contribution in [0.1, 0.15) is 5.69 Å². The molecule has 0 atom stereocenters. The Balaban J connectivity index is 2.16. The van der Waals surface area contributed by atoms with Gasteiger partial charge in [0.1, 0.15) is 0 Å². The number of aliphatic hydroxyl groups is 1. The number of nitrogens with zero attached hydrogens (tertiary/aromatic N) is 3. The van der Waals surface area contributed by atoms with Crippen LogP contribution >= 0.6 is 0 Å². The first kappa shape index (κ1) is 14.5. The smallest absolute Gasteiger partial charge is 0.213 e. The molecule has 0 aliphatic carbocycles. The second-order valence-corrected chi connectivity index (χ2v) is 5.40. The largest absolute Gasteiger partial charge is 0.481 e. The summed E-state index contributed by atoms with van der Waals surface area (Å²) >= 11 is 0. The van der Waals surface area contributed by atoms with Gasteiger partial charge in [-0.1, -0.05) is 18.2 Å². The van der Waals surface area contributed by atoms with E-state index in [9.17, 15) is 5.11 Å². The molecule has 0 aliphatic heterocycles. The van der Waals surface area contributed by atoms with Gasteiger partial charge in [-0.05, 0) is 23.6 Å². The molecular weight excluding hydrogens is 302 g/mol. The van der Waals surface area contributed by atoms with Crippen LogP contribution in [-0.2, 0) is 6.61 Å². The van der Waals surface area contributed by atoms with E-state index in [-0.39, 0.29) is 6.61 Å². The minimum Gasteiger partial charge on any atom is -0.481 e. The van der Waals surface area contributed by atoms with Gasteiger partial charge < -0.3 is 9.84 Å². The molecule has 0 fully saturated rings. The molecule has 24 heavy (non-hydrogen) atoms. The number of benzene rings is 1. The lowest BCUT2D eigenvalue weighted by atomic mass is 10.00. The summed E-state index contributed by atoms with van der Waals surface area (Å²) < 4.78 is 5.23. The van der Waals surface area contributed by atoms with Gasteiger partial charge in [-0.25, -0.2) is 9.97 Å². The van der Waals surface area contributed by atoms with E-state index in [1.165, 1.54) is 0 Å². The van der Waals surface area contributed by atoms with Crippen LogP contribution in [0.25, 0.3) is 32.9 Å². The second kappa shape index (κ2) is 5.86. The van der Waals surface area contributed by atoms with Crippen LogP contribution in [0, 0.1) is 0 Å². The molecule has 4 aromatic rings. The highest BCUT2D eigenvalue weighted by Gasteiger charge is 2.14. The Morgan fingerprint density at radius 3 is 2.67 bits per heavy atom. The monoisotopic (exact) mass is 317 g/mol. The Hall–Kier alpha value is -3.05. The predicted octanol–water partition coefficient (Wildman–Crippen LogP) is 3.35. The highest BCUT2D eigenvalue weighted by Crippen LogP contribution is 2.34. The minimum absolute atomic E-state index is 0.146. The average Bonchev–Trinajstić information content (AvgIpc) is 2.66. The van der Waals surface area contributed by atoms with Crippen LogP contribution in [-0.4, -0.2) is 27.2 Å². The molecule has 0 unspecified atom stereocenters. The maximum absolute atomic E-state index is 9.75. The van der Waals surface area contributed by atoms with Crippen molar-refractivity contribution in [3.63, 3.8) is 0 Å². The van der Waals surface area contributed by atoms with Gasteiger partial charge in [0.15, 0.2) is 0 Å².